The minimum Gasteiger partial charge on any atom is -0.355 e. The molecule has 0 aliphatic rings. The number of H-pyrrole nitrogens is 1. The molecule has 24 heavy (non-hydrogen) atoms. The first kappa shape index (κ1) is 20.1. The number of imidazole rings is 1. The number of nitrogens with two attached hydrogens (primary N) is 1. The Hall–Kier alpha value is -1.93. The smallest absolute Gasteiger partial charge is 0.242 e. The zero-order chi connectivity index (χ0) is 18.1. The summed E-state index contributed by atoms with van der Waals surface area (Å²) in [4.78, 5) is 31.3. The van der Waals surface area contributed by atoms with Gasteiger partial charge in [0.25, 0.3) is 0 Å². The van der Waals surface area contributed by atoms with Gasteiger partial charge in [-0.15, -0.1) is 0 Å². The monoisotopic (exact) mass is 338 g/mol. The Balaban J connectivity index is 2.43. The highest BCUT2D eigenvalue weighted by molar-refractivity contribution is 5.89. The molecule has 136 valence electrons. The Morgan fingerprint density at radius 3 is 2.54 bits per heavy atom. The van der Waals surface area contributed by atoms with Crippen molar-refractivity contribution in [2.24, 2.45) is 11.7 Å². The normalized spacial score (nSPS) is 14.9. The van der Waals surface area contributed by atoms with E-state index in [2.05, 4.69) is 25.9 Å². The molecule has 0 unspecified atom stereocenters. The molecule has 0 radical (unpaired) electrons. The second kappa shape index (κ2) is 10.0. The fourth-order valence-corrected chi connectivity index (χ4v) is 2.26. The summed E-state index contributed by atoms with van der Waals surface area (Å²) in [5, 5.41) is 8.64. The maximum Gasteiger partial charge on any atom is 0.242 e. The number of carbonyl (C=O) groups is 2. The van der Waals surface area contributed by atoms with Crippen molar-refractivity contribution in [2.75, 3.05) is 13.1 Å². The van der Waals surface area contributed by atoms with E-state index in [9.17, 15) is 9.59 Å². The lowest BCUT2D eigenvalue weighted by molar-refractivity contribution is -0.130. The van der Waals surface area contributed by atoms with Crippen LogP contribution >= 0.6 is 0 Å². The van der Waals surface area contributed by atoms with E-state index in [1.165, 1.54) is 0 Å². The van der Waals surface area contributed by atoms with Gasteiger partial charge >= 0.3 is 0 Å². The van der Waals surface area contributed by atoms with E-state index in [1.54, 1.807) is 19.4 Å². The van der Waals surface area contributed by atoms with Crippen LogP contribution in [-0.4, -0.2) is 53.0 Å². The van der Waals surface area contributed by atoms with Gasteiger partial charge in [0.15, 0.2) is 0 Å². The van der Waals surface area contributed by atoms with Gasteiger partial charge in [0.2, 0.25) is 11.8 Å². The van der Waals surface area contributed by atoms with E-state index in [1.807, 2.05) is 20.8 Å². The topological polar surface area (TPSA) is 125 Å². The molecule has 0 fully saturated rings. The van der Waals surface area contributed by atoms with Crippen molar-refractivity contribution in [1.82, 2.24) is 25.9 Å². The van der Waals surface area contributed by atoms with E-state index >= 15 is 0 Å². The standard InChI is InChI=1S/C16H30N6O2/c1-5-19-16(24)14(10(2)3)22-15(23)11(4)20-7-12(17)6-13-8-18-9-21-13/h8-12,14,20H,5-7,17H2,1-4H3,(H,18,21)(H,19,24)(H,22,23)/t11-,12+,14-/m0/s1. The summed E-state index contributed by atoms with van der Waals surface area (Å²) in [5.74, 6) is -0.371. The third-order valence-corrected chi connectivity index (χ3v) is 3.70. The maximum absolute atomic E-state index is 12.3. The van der Waals surface area contributed by atoms with Crippen LogP contribution in [0.4, 0.5) is 0 Å². The fourth-order valence-electron chi connectivity index (χ4n) is 2.26. The van der Waals surface area contributed by atoms with Crippen molar-refractivity contribution >= 4 is 11.8 Å². The highest BCUT2D eigenvalue weighted by Gasteiger charge is 2.25. The molecule has 6 N–H and O–H groups in total. The molecule has 0 spiro atoms. The molecule has 1 rings (SSSR count). The van der Waals surface area contributed by atoms with Crippen LogP contribution in [0.3, 0.4) is 0 Å². The van der Waals surface area contributed by atoms with Crippen LogP contribution in [0, 0.1) is 5.92 Å². The van der Waals surface area contributed by atoms with Crippen LogP contribution in [0.2, 0.25) is 0 Å². The average Bonchev–Trinajstić information content (AvgIpc) is 3.02. The molecule has 8 heteroatoms. The van der Waals surface area contributed by atoms with Gasteiger partial charge in [-0.3, -0.25) is 9.59 Å². The first-order chi connectivity index (χ1) is 11.3. The van der Waals surface area contributed by atoms with Crippen molar-refractivity contribution in [3.05, 3.63) is 18.2 Å². The Morgan fingerprint density at radius 2 is 2.00 bits per heavy atom. The van der Waals surface area contributed by atoms with E-state index in [-0.39, 0.29) is 23.8 Å². The molecule has 8 nitrogen and oxygen atoms in total. The number of rotatable bonds is 10. The third-order valence-electron chi connectivity index (χ3n) is 3.70. The van der Waals surface area contributed by atoms with Crippen molar-refractivity contribution in [2.45, 2.75) is 52.2 Å². The molecule has 1 heterocycles. The lowest BCUT2D eigenvalue weighted by Crippen LogP contribution is -2.55. The van der Waals surface area contributed by atoms with Crippen molar-refractivity contribution in [3.8, 4) is 0 Å². The minimum absolute atomic E-state index is 0.00891. The number of likely N-dealkylation sites (N-methyl/N-ethyl adjacent to an activating group) is 1. The second-order valence-corrected chi connectivity index (χ2v) is 6.28. The summed E-state index contributed by atoms with van der Waals surface area (Å²) < 4.78 is 0. The van der Waals surface area contributed by atoms with Crippen LogP contribution in [0.5, 0.6) is 0 Å². The highest BCUT2D eigenvalue weighted by Crippen LogP contribution is 2.02. The molecule has 0 saturated carbocycles. The molecule has 0 aliphatic carbocycles. The maximum atomic E-state index is 12.3. The number of hydrogen-bond acceptors (Lipinski definition) is 5. The highest BCUT2D eigenvalue weighted by atomic mass is 16.2. The quantitative estimate of drug-likeness (QED) is 0.395. The molecule has 0 aliphatic heterocycles. The van der Waals surface area contributed by atoms with Gasteiger partial charge < -0.3 is 26.7 Å². The predicted octanol–water partition coefficient (Wildman–Crippen LogP) is -0.465. The van der Waals surface area contributed by atoms with Gasteiger partial charge in [0.1, 0.15) is 6.04 Å². The Labute approximate surface area is 143 Å². The van der Waals surface area contributed by atoms with Gasteiger partial charge in [-0.25, -0.2) is 4.98 Å². The number of nitrogens with one attached hydrogen (secondary N) is 4. The molecule has 1 aromatic heterocycles. The molecular weight excluding hydrogens is 308 g/mol. The zero-order valence-electron chi connectivity index (χ0n) is 14.9. The SMILES string of the molecule is CCNC(=O)[C@@H](NC(=O)[C@H](C)NC[C@H](N)Cc1c[nH]cn1)C(C)C. The number of carbonyl (C=O) groups excluding carboxylic acids is 2. The van der Waals surface area contributed by atoms with Gasteiger partial charge in [-0.05, 0) is 19.8 Å². The largest absolute Gasteiger partial charge is 0.355 e. The average molecular weight is 338 g/mol. The summed E-state index contributed by atoms with van der Waals surface area (Å²) in [6.07, 6.45) is 4.03. The van der Waals surface area contributed by atoms with Crippen LogP contribution in [0.15, 0.2) is 12.5 Å². The first-order valence-corrected chi connectivity index (χ1v) is 8.39. The molecule has 0 bridgehead atoms. The summed E-state index contributed by atoms with van der Waals surface area (Å²) in [6, 6.07) is -1.13. The van der Waals surface area contributed by atoms with Crippen molar-refractivity contribution < 1.29 is 9.59 Å². The Bertz CT molecular complexity index is 503. The summed E-state index contributed by atoms with van der Waals surface area (Å²) in [5.41, 5.74) is 6.92. The van der Waals surface area contributed by atoms with Crippen LogP contribution in [-0.2, 0) is 16.0 Å². The molecular formula is C16H30N6O2. The Kier molecular flexibility index (Phi) is 8.42. The van der Waals surface area contributed by atoms with E-state index in [4.69, 9.17) is 5.73 Å². The second-order valence-electron chi connectivity index (χ2n) is 6.28. The van der Waals surface area contributed by atoms with E-state index < -0.39 is 12.1 Å². The molecule has 2 amide bonds. The molecule has 0 saturated heterocycles. The summed E-state index contributed by atoms with van der Waals surface area (Å²) in [7, 11) is 0. The molecule has 0 aromatic carbocycles. The van der Waals surface area contributed by atoms with E-state index in [0.29, 0.717) is 19.5 Å². The van der Waals surface area contributed by atoms with Crippen LogP contribution in [0.1, 0.15) is 33.4 Å². The number of aromatic nitrogens is 2. The minimum atomic E-state index is -0.542. The molecule has 1 aromatic rings. The summed E-state index contributed by atoms with van der Waals surface area (Å²) in [6.45, 7) is 8.42. The van der Waals surface area contributed by atoms with Gasteiger partial charge in [0, 0.05) is 31.7 Å². The van der Waals surface area contributed by atoms with Crippen molar-refractivity contribution in [1.29, 1.82) is 0 Å². The number of amides is 2. The number of hydrogen-bond donors (Lipinski definition) is 5. The molecule has 3 atom stereocenters. The third kappa shape index (κ3) is 6.67. The lowest BCUT2D eigenvalue weighted by Gasteiger charge is -2.24. The van der Waals surface area contributed by atoms with Gasteiger partial charge in [-0.2, -0.15) is 0 Å². The van der Waals surface area contributed by atoms with Gasteiger partial charge in [-0.1, -0.05) is 13.8 Å². The van der Waals surface area contributed by atoms with Crippen LogP contribution < -0.4 is 21.7 Å². The number of aromatic amines is 1. The van der Waals surface area contributed by atoms with Crippen molar-refractivity contribution in [3.63, 3.8) is 0 Å². The van der Waals surface area contributed by atoms with Crippen LogP contribution in [0.25, 0.3) is 0 Å². The predicted molar refractivity (Wildman–Crippen MR) is 93.2 cm³/mol. The zero-order valence-corrected chi connectivity index (χ0v) is 14.9. The first-order valence-electron chi connectivity index (χ1n) is 8.39. The lowest BCUT2D eigenvalue weighted by atomic mass is 10.0. The van der Waals surface area contributed by atoms with E-state index in [0.717, 1.165) is 5.69 Å². The summed E-state index contributed by atoms with van der Waals surface area (Å²) >= 11 is 0. The fraction of sp³-hybridized carbons (Fsp3) is 0.688. The van der Waals surface area contributed by atoms with Gasteiger partial charge in [0.05, 0.1) is 18.1 Å². The Morgan fingerprint density at radius 1 is 1.29 bits per heavy atom. The number of nitrogens with zero attached hydrogens (tertiary/aromatic N) is 1.